The maximum atomic E-state index is 12.5. The highest BCUT2D eigenvalue weighted by Crippen LogP contribution is 2.35. The number of aromatic amines is 1. The fraction of sp³-hybridized carbons (Fsp3) is 0.438. The van der Waals surface area contributed by atoms with Gasteiger partial charge in [0.1, 0.15) is 5.75 Å². The Labute approximate surface area is 230 Å². The van der Waals surface area contributed by atoms with Crippen LogP contribution in [0.1, 0.15) is 61.8 Å². The van der Waals surface area contributed by atoms with Gasteiger partial charge < -0.3 is 26.1 Å². The number of aromatic nitrogens is 2. The predicted molar refractivity (Wildman–Crippen MR) is 159 cm³/mol. The van der Waals surface area contributed by atoms with Crippen LogP contribution in [0.15, 0.2) is 48.7 Å². The number of para-hydroxylation sites is 1. The Morgan fingerprint density at radius 2 is 1.82 bits per heavy atom. The summed E-state index contributed by atoms with van der Waals surface area (Å²) in [7, 11) is 1.71. The highest BCUT2D eigenvalue weighted by Gasteiger charge is 2.19. The number of carbonyl (C=O) groups excluding carboxylic acids is 1. The number of fused-ring (bicyclic) bond motifs is 3. The quantitative estimate of drug-likeness (QED) is 0.168. The average Bonchev–Trinajstić information content (AvgIpc) is 3.37. The van der Waals surface area contributed by atoms with Gasteiger partial charge in [0.2, 0.25) is 5.91 Å². The molecule has 0 unspecified atom stereocenters. The Morgan fingerprint density at radius 3 is 2.69 bits per heavy atom. The van der Waals surface area contributed by atoms with Crippen molar-refractivity contribution >= 4 is 33.4 Å². The zero-order chi connectivity index (χ0) is 27.0. The van der Waals surface area contributed by atoms with Crippen molar-refractivity contribution in [3.8, 4) is 5.75 Å². The van der Waals surface area contributed by atoms with Gasteiger partial charge in [0.05, 0.1) is 18.7 Å². The summed E-state index contributed by atoms with van der Waals surface area (Å²) in [5.41, 5.74) is 13.3. The largest absolute Gasteiger partial charge is 0.497 e. The van der Waals surface area contributed by atoms with E-state index in [-0.39, 0.29) is 5.91 Å². The van der Waals surface area contributed by atoms with Crippen molar-refractivity contribution in [3.63, 3.8) is 0 Å². The van der Waals surface area contributed by atoms with Crippen molar-refractivity contribution in [1.29, 1.82) is 0 Å². The number of nitrogens with zero attached hydrogens (tertiary/aromatic N) is 1. The molecule has 0 saturated heterocycles. The number of ether oxygens (including phenoxy) is 1. The molecule has 4 aromatic rings. The topological polar surface area (TPSA) is 105 Å². The maximum absolute atomic E-state index is 12.5. The second-order valence-corrected chi connectivity index (χ2v) is 10.7. The summed E-state index contributed by atoms with van der Waals surface area (Å²) in [5.74, 6) is 0.795. The van der Waals surface area contributed by atoms with E-state index >= 15 is 0 Å². The lowest BCUT2D eigenvalue weighted by Crippen LogP contribution is -2.42. The van der Waals surface area contributed by atoms with Crippen LogP contribution >= 0.6 is 0 Å². The molecule has 0 aliphatic heterocycles. The van der Waals surface area contributed by atoms with Crippen LogP contribution in [0.5, 0.6) is 5.75 Å². The summed E-state index contributed by atoms with van der Waals surface area (Å²) in [6.45, 7) is 1.62. The minimum Gasteiger partial charge on any atom is -0.497 e. The monoisotopic (exact) mass is 527 g/mol. The predicted octanol–water partition coefficient (Wildman–Crippen LogP) is 5.65. The molecule has 206 valence electrons. The van der Waals surface area contributed by atoms with Crippen LogP contribution in [0.2, 0.25) is 0 Å². The molecule has 7 heteroatoms. The molecular weight excluding hydrogens is 486 g/mol. The molecular formula is C32H41N5O2. The molecule has 1 atom stereocenters. The number of rotatable bonds is 13. The van der Waals surface area contributed by atoms with E-state index in [0.29, 0.717) is 13.0 Å². The van der Waals surface area contributed by atoms with Gasteiger partial charge in [-0.3, -0.25) is 9.78 Å². The first-order chi connectivity index (χ1) is 19.1. The van der Waals surface area contributed by atoms with Crippen molar-refractivity contribution in [2.75, 3.05) is 25.5 Å². The third-order valence-corrected chi connectivity index (χ3v) is 7.88. The Hall–Kier alpha value is -3.58. The van der Waals surface area contributed by atoms with Gasteiger partial charge in [-0.15, -0.1) is 0 Å². The second kappa shape index (κ2) is 13.0. The van der Waals surface area contributed by atoms with E-state index < -0.39 is 6.04 Å². The number of hydrogen-bond acceptors (Lipinski definition) is 5. The number of carbonyl (C=O) groups is 1. The second-order valence-electron chi connectivity index (χ2n) is 10.7. The molecule has 0 radical (unpaired) electrons. The summed E-state index contributed by atoms with van der Waals surface area (Å²) in [6.07, 6.45) is 12.6. The number of benzene rings is 2. The molecule has 0 bridgehead atoms. The first-order valence-corrected chi connectivity index (χ1v) is 14.5. The number of hydrogen-bond donors (Lipinski definition) is 4. The number of pyridine rings is 1. The van der Waals surface area contributed by atoms with Crippen LogP contribution in [0.3, 0.4) is 0 Å². The van der Waals surface area contributed by atoms with Gasteiger partial charge in [-0.25, -0.2) is 0 Å². The number of nitrogens with one attached hydrogen (secondary N) is 3. The van der Waals surface area contributed by atoms with Gasteiger partial charge in [0.15, 0.2) is 0 Å². The normalized spacial score (nSPS) is 13.8. The molecule has 5 rings (SSSR count). The standard InChI is InChI=1S/C32H41N5O2/c1-39-23-15-16-30-26(20-23)31(25-12-6-8-14-29(25)37-30)34-17-9-3-2-4-10-18-35-32(38)27(33)19-22-21-36-28-13-7-5-11-24(22)28/h5,7,11,13,15-16,20-21,27,36H,2-4,6,8-10,12,14,17-19,33H2,1H3,(H,34,37)(H,35,38)/t27-/m0/s1. The number of aryl methyl sites for hydroxylation is 1. The van der Waals surface area contributed by atoms with Gasteiger partial charge in [0.25, 0.3) is 0 Å². The minimum absolute atomic E-state index is 0.0750. The summed E-state index contributed by atoms with van der Waals surface area (Å²) in [4.78, 5) is 20.7. The van der Waals surface area contributed by atoms with E-state index in [9.17, 15) is 4.79 Å². The molecule has 0 saturated carbocycles. The molecule has 1 aliphatic carbocycles. The van der Waals surface area contributed by atoms with E-state index in [1.165, 1.54) is 29.8 Å². The van der Waals surface area contributed by atoms with Crippen molar-refractivity contribution in [1.82, 2.24) is 15.3 Å². The van der Waals surface area contributed by atoms with E-state index in [2.05, 4.69) is 33.8 Å². The van der Waals surface area contributed by atoms with Crippen LogP contribution < -0.4 is 21.1 Å². The minimum atomic E-state index is -0.537. The molecule has 39 heavy (non-hydrogen) atoms. The lowest BCUT2D eigenvalue weighted by molar-refractivity contribution is -0.122. The lowest BCUT2D eigenvalue weighted by atomic mass is 9.92. The summed E-state index contributed by atoms with van der Waals surface area (Å²) in [6, 6.07) is 13.7. The molecule has 1 amide bonds. The van der Waals surface area contributed by atoms with Crippen molar-refractivity contribution in [2.45, 2.75) is 70.3 Å². The smallest absolute Gasteiger partial charge is 0.237 e. The van der Waals surface area contributed by atoms with E-state index in [0.717, 1.165) is 84.6 Å². The molecule has 1 aliphatic rings. The van der Waals surface area contributed by atoms with E-state index in [1.54, 1.807) is 7.11 Å². The third-order valence-electron chi connectivity index (χ3n) is 7.88. The fourth-order valence-electron chi connectivity index (χ4n) is 5.70. The Kier molecular flexibility index (Phi) is 8.99. The highest BCUT2D eigenvalue weighted by molar-refractivity contribution is 5.94. The zero-order valence-electron chi connectivity index (χ0n) is 23.0. The van der Waals surface area contributed by atoms with Gasteiger partial charge in [-0.1, -0.05) is 37.5 Å². The third kappa shape index (κ3) is 6.53. The number of methoxy groups -OCH3 is 1. The van der Waals surface area contributed by atoms with Gasteiger partial charge in [-0.05, 0) is 80.3 Å². The first kappa shape index (κ1) is 27.0. The van der Waals surface area contributed by atoms with Crippen LogP contribution in [0.25, 0.3) is 21.8 Å². The SMILES string of the molecule is COc1ccc2nc3c(c(NCCCCCCCNC(=O)[C@@H](N)Cc4c[nH]c5ccccc45)c2c1)CCCC3. The van der Waals surface area contributed by atoms with Gasteiger partial charge in [-0.2, -0.15) is 0 Å². The number of unbranched alkanes of at least 4 members (excludes halogenated alkanes) is 4. The molecule has 2 aromatic carbocycles. The Balaban J connectivity index is 1.01. The highest BCUT2D eigenvalue weighted by atomic mass is 16.5. The van der Waals surface area contributed by atoms with Crippen LogP contribution in [-0.4, -0.2) is 42.1 Å². The molecule has 0 spiro atoms. The lowest BCUT2D eigenvalue weighted by Gasteiger charge is -2.22. The zero-order valence-corrected chi connectivity index (χ0v) is 23.0. The molecule has 5 N–H and O–H groups in total. The molecule has 0 fully saturated rings. The Morgan fingerprint density at radius 1 is 1.03 bits per heavy atom. The average molecular weight is 528 g/mol. The first-order valence-electron chi connectivity index (χ1n) is 14.5. The summed E-state index contributed by atoms with van der Waals surface area (Å²) < 4.78 is 5.49. The van der Waals surface area contributed by atoms with Gasteiger partial charge >= 0.3 is 0 Å². The number of nitrogens with two attached hydrogens (primary N) is 1. The molecule has 2 aromatic heterocycles. The molecule has 2 heterocycles. The summed E-state index contributed by atoms with van der Waals surface area (Å²) in [5, 5.41) is 9.07. The number of H-pyrrole nitrogens is 1. The van der Waals surface area contributed by atoms with Crippen LogP contribution in [0.4, 0.5) is 5.69 Å². The van der Waals surface area contributed by atoms with Crippen molar-refractivity contribution in [3.05, 3.63) is 65.5 Å². The number of amides is 1. The fourth-order valence-corrected chi connectivity index (χ4v) is 5.70. The van der Waals surface area contributed by atoms with Crippen molar-refractivity contribution < 1.29 is 9.53 Å². The van der Waals surface area contributed by atoms with E-state index in [4.69, 9.17) is 15.5 Å². The maximum Gasteiger partial charge on any atom is 0.237 e. The Bertz CT molecular complexity index is 1410. The van der Waals surface area contributed by atoms with E-state index in [1.807, 2.05) is 30.5 Å². The summed E-state index contributed by atoms with van der Waals surface area (Å²) >= 11 is 0. The van der Waals surface area contributed by atoms with Crippen LogP contribution in [0, 0.1) is 0 Å². The van der Waals surface area contributed by atoms with Crippen LogP contribution in [-0.2, 0) is 24.1 Å². The van der Waals surface area contributed by atoms with Crippen molar-refractivity contribution in [2.24, 2.45) is 5.73 Å². The number of anilines is 1. The molecule has 7 nitrogen and oxygen atoms in total. The van der Waals surface area contributed by atoms with Gasteiger partial charge in [0, 0.05) is 47.0 Å².